The smallest absolute Gasteiger partial charge is 0.256 e. The fraction of sp³-hybridized carbons (Fsp3) is 0.273. The van der Waals surface area contributed by atoms with E-state index in [2.05, 4.69) is 10.2 Å². The zero-order valence-electron chi connectivity index (χ0n) is 15.1. The molecule has 5 nitrogen and oxygen atoms in total. The normalized spacial score (nSPS) is 17.1. The summed E-state index contributed by atoms with van der Waals surface area (Å²) >= 11 is 0. The van der Waals surface area contributed by atoms with E-state index in [1.54, 1.807) is 0 Å². The molecule has 1 fully saturated rings. The molecular weight excluding hydrogens is 338 g/mol. The molecule has 138 valence electrons. The van der Waals surface area contributed by atoms with Gasteiger partial charge in [-0.3, -0.25) is 4.79 Å². The summed E-state index contributed by atoms with van der Waals surface area (Å²) in [6.07, 6.45) is 3.11. The van der Waals surface area contributed by atoms with Crippen LogP contribution in [0.4, 0.5) is 11.5 Å². The number of nitrogens with one attached hydrogen (secondary N) is 1. The molecule has 0 radical (unpaired) electrons. The minimum absolute atomic E-state index is 0.0532. The van der Waals surface area contributed by atoms with Gasteiger partial charge < -0.3 is 15.3 Å². The summed E-state index contributed by atoms with van der Waals surface area (Å²) in [7, 11) is 0. The lowest BCUT2D eigenvalue weighted by Crippen LogP contribution is -2.42. The molecule has 3 aromatic rings. The number of benzene rings is 2. The number of amides is 1. The maximum atomic E-state index is 13.0. The Kier molecular flexibility index (Phi) is 5.03. The first kappa shape index (κ1) is 17.5. The molecule has 1 atom stereocenters. The third-order valence-corrected chi connectivity index (χ3v) is 5.11. The molecule has 1 amide bonds. The third kappa shape index (κ3) is 3.64. The monoisotopic (exact) mass is 361 g/mol. The lowest BCUT2D eigenvalue weighted by molar-refractivity contribution is 0.102. The fourth-order valence-electron chi connectivity index (χ4n) is 3.71. The van der Waals surface area contributed by atoms with E-state index >= 15 is 0 Å². The highest BCUT2D eigenvalue weighted by molar-refractivity contribution is 6.13. The van der Waals surface area contributed by atoms with Crippen molar-refractivity contribution in [3.05, 3.63) is 66.2 Å². The number of piperidine rings is 1. The molecule has 1 aliphatic heterocycles. The van der Waals surface area contributed by atoms with Crippen LogP contribution in [0.5, 0.6) is 0 Å². The number of fused-ring (bicyclic) bond motifs is 1. The molecule has 27 heavy (non-hydrogen) atoms. The maximum Gasteiger partial charge on any atom is 0.256 e. The zero-order valence-corrected chi connectivity index (χ0v) is 15.1. The number of rotatable bonds is 4. The number of anilines is 2. The summed E-state index contributed by atoms with van der Waals surface area (Å²) in [5, 5.41) is 13.6. The number of para-hydroxylation sites is 2. The van der Waals surface area contributed by atoms with Gasteiger partial charge in [-0.2, -0.15) is 0 Å². The summed E-state index contributed by atoms with van der Waals surface area (Å²) in [6.45, 7) is 0.941. The fourth-order valence-corrected chi connectivity index (χ4v) is 3.71. The van der Waals surface area contributed by atoms with E-state index in [9.17, 15) is 9.90 Å². The number of hydrogen-bond acceptors (Lipinski definition) is 4. The van der Waals surface area contributed by atoms with Gasteiger partial charge >= 0.3 is 0 Å². The van der Waals surface area contributed by atoms with Crippen molar-refractivity contribution in [3.8, 4) is 0 Å². The number of aromatic nitrogens is 1. The Morgan fingerprint density at radius 3 is 2.70 bits per heavy atom. The van der Waals surface area contributed by atoms with Crippen LogP contribution >= 0.6 is 0 Å². The van der Waals surface area contributed by atoms with E-state index in [1.165, 1.54) is 0 Å². The Hall–Kier alpha value is -2.92. The summed E-state index contributed by atoms with van der Waals surface area (Å²) in [5.74, 6) is 0.601. The molecule has 0 spiro atoms. The van der Waals surface area contributed by atoms with Crippen LogP contribution in [0.25, 0.3) is 10.9 Å². The van der Waals surface area contributed by atoms with E-state index in [0.29, 0.717) is 5.56 Å². The molecule has 1 saturated heterocycles. The molecule has 2 aromatic carbocycles. The van der Waals surface area contributed by atoms with Crippen LogP contribution < -0.4 is 10.2 Å². The molecule has 4 rings (SSSR count). The number of carbonyl (C=O) groups excluding carboxylic acids is 1. The van der Waals surface area contributed by atoms with Crippen LogP contribution in [0.1, 0.15) is 29.6 Å². The molecule has 0 bridgehead atoms. The summed E-state index contributed by atoms with van der Waals surface area (Å²) in [6, 6.07) is 19.0. The van der Waals surface area contributed by atoms with Gasteiger partial charge in [0, 0.05) is 17.6 Å². The average Bonchev–Trinajstić information content (AvgIpc) is 2.73. The van der Waals surface area contributed by atoms with Crippen LogP contribution in [-0.2, 0) is 0 Å². The van der Waals surface area contributed by atoms with Gasteiger partial charge in [-0.05, 0) is 43.5 Å². The summed E-state index contributed by atoms with van der Waals surface area (Å²) in [5.41, 5.74) is 2.15. The third-order valence-electron chi connectivity index (χ3n) is 5.11. The van der Waals surface area contributed by atoms with Gasteiger partial charge in [-0.1, -0.05) is 36.4 Å². The molecule has 0 aliphatic carbocycles. The van der Waals surface area contributed by atoms with Crippen LogP contribution in [0.3, 0.4) is 0 Å². The highest BCUT2D eigenvalue weighted by atomic mass is 16.3. The number of carbonyl (C=O) groups is 1. The molecule has 5 heteroatoms. The largest absolute Gasteiger partial charge is 0.394 e. The molecule has 0 saturated carbocycles. The highest BCUT2D eigenvalue weighted by Gasteiger charge is 2.24. The van der Waals surface area contributed by atoms with Crippen LogP contribution in [0, 0.1) is 0 Å². The highest BCUT2D eigenvalue weighted by Crippen LogP contribution is 2.28. The predicted octanol–water partition coefficient (Wildman–Crippen LogP) is 3.84. The second-order valence-electron chi connectivity index (χ2n) is 6.89. The van der Waals surface area contributed by atoms with Crippen molar-refractivity contribution in [3.63, 3.8) is 0 Å². The van der Waals surface area contributed by atoms with E-state index in [1.807, 2.05) is 60.7 Å². The molecular formula is C22H23N3O2. The minimum atomic E-state index is -0.154. The van der Waals surface area contributed by atoms with Gasteiger partial charge in [-0.15, -0.1) is 0 Å². The number of nitrogens with zero attached hydrogens (tertiary/aromatic N) is 2. The average molecular weight is 361 g/mol. The zero-order chi connectivity index (χ0) is 18.6. The first-order valence-corrected chi connectivity index (χ1v) is 9.40. The standard InChI is InChI=1S/C22H23N3O2/c26-15-17-10-6-7-13-25(17)21-14-19(18-11-4-5-12-20(18)24-21)22(27)23-16-8-2-1-3-9-16/h1-5,8-9,11-12,14,17,26H,6-7,10,13,15H2,(H,23,27). The van der Waals surface area contributed by atoms with E-state index in [-0.39, 0.29) is 18.6 Å². The minimum Gasteiger partial charge on any atom is -0.394 e. The first-order chi connectivity index (χ1) is 13.3. The quantitative estimate of drug-likeness (QED) is 0.741. The van der Waals surface area contributed by atoms with E-state index in [4.69, 9.17) is 4.98 Å². The Balaban J connectivity index is 1.75. The van der Waals surface area contributed by atoms with Crippen molar-refractivity contribution in [2.45, 2.75) is 25.3 Å². The van der Waals surface area contributed by atoms with Gasteiger partial charge in [-0.25, -0.2) is 4.98 Å². The van der Waals surface area contributed by atoms with Crippen LogP contribution in [0.15, 0.2) is 60.7 Å². The predicted molar refractivity (Wildman–Crippen MR) is 108 cm³/mol. The number of hydrogen-bond donors (Lipinski definition) is 2. The maximum absolute atomic E-state index is 13.0. The Bertz CT molecular complexity index is 943. The van der Waals surface area contributed by atoms with Crippen molar-refractivity contribution >= 4 is 28.3 Å². The van der Waals surface area contributed by atoms with Gasteiger partial charge in [0.15, 0.2) is 0 Å². The van der Waals surface area contributed by atoms with Gasteiger partial charge in [0.1, 0.15) is 5.82 Å². The molecule has 1 aromatic heterocycles. The summed E-state index contributed by atoms with van der Waals surface area (Å²) < 4.78 is 0. The van der Waals surface area contributed by atoms with Crippen molar-refractivity contribution < 1.29 is 9.90 Å². The second kappa shape index (κ2) is 7.76. The van der Waals surface area contributed by atoms with Gasteiger partial charge in [0.2, 0.25) is 0 Å². The molecule has 2 heterocycles. The van der Waals surface area contributed by atoms with Crippen LogP contribution in [-0.4, -0.2) is 35.2 Å². The SMILES string of the molecule is O=C(Nc1ccccc1)c1cc(N2CCCCC2CO)nc2ccccc12. The molecule has 1 unspecified atom stereocenters. The van der Waals surface area contributed by atoms with E-state index in [0.717, 1.165) is 48.2 Å². The number of aliphatic hydroxyl groups is 1. The first-order valence-electron chi connectivity index (χ1n) is 9.40. The summed E-state index contributed by atoms with van der Waals surface area (Å²) in [4.78, 5) is 19.9. The number of aliphatic hydroxyl groups excluding tert-OH is 1. The van der Waals surface area contributed by atoms with Crippen molar-refractivity contribution in [2.24, 2.45) is 0 Å². The Morgan fingerprint density at radius 2 is 1.89 bits per heavy atom. The Morgan fingerprint density at radius 1 is 1.11 bits per heavy atom. The lowest BCUT2D eigenvalue weighted by atomic mass is 10.0. The topological polar surface area (TPSA) is 65.5 Å². The van der Waals surface area contributed by atoms with Crippen LogP contribution in [0.2, 0.25) is 0 Å². The Labute approximate surface area is 158 Å². The van der Waals surface area contributed by atoms with Crippen molar-refractivity contribution in [1.29, 1.82) is 0 Å². The van der Waals surface area contributed by atoms with Crippen molar-refractivity contribution in [2.75, 3.05) is 23.4 Å². The van der Waals surface area contributed by atoms with E-state index < -0.39 is 0 Å². The number of pyridine rings is 1. The lowest BCUT2D eigenvalue weighted by Gasteiger charge is -2.35. The van der Waals surface area contributed by atoms with Crippen molar-refractivity contribution in [1.82, 2.24) is 4.98 Å². The second-order valence-corrected chi connectivity index (χ2v) is 6.89. The van der Waals surface area contributed by atoms with Gasteiger partial charge in [0.25, 0.3) is 5.91 Å². The van der Waals surface area contributed by atoms with Gasteiger partial charge in [0.05, 0.1) is 23.7 Å². The molecule has 2 N–H and O–H groups in total. The molecule has 1 aliphatic rings.